The van der Waals surface area contributed by atoms with E-state index in [9.17, 15) is 9.59 Å². The molecule has 0 radical (unpaired) electrons. The molecule has 150 valence electrons. The van der Waals surface area contributed by atoms with Gasteiger partial charge in [0.05, 0.1) is 22.0 Å². The fraction of sp³-hybridized carbons (Fsp3) is 0.190. The van der Waals surface area contributed by atoms with Crippen LogP contribution in [0.15, 0.2) is 46.3 Å². The minimum absolute atomic E-state index is 0.0170. The SMILES string of the molecule is CC(=O)N(c1ccc(C)c(C)c1)c1nc(COC(=O)c2cc(Br)ccc2Cl)cs1. The molecule has 5 nitrogen and oxygen atoms in total. The minimum atomic E-state index is -0.538. The Labute approximate surface area is 186 Å². The highest BCUT2D eigenvalue weighted by Gasteiger charge is 2.19. The molecule has 1 aromatic heterocycles. The molecule has 0 unspecified atom stereocenters. The summed E-state index contributed by atoms with van der Waals surface area (Å²) in [6.45, 7) is 5.49. The lowest BCUT2D eigenvalue weighted by molar-refractivity contribution is -0.115. The maximum Gasteiger partial charge on any atom is 0.340 e. The summed E-state index contributed by atoms with van der Waals surface area (Å²) < 4.78 is 6.07. The van der Waals surface area contributed by atoms with E-state index in [1.807, 2.05) is 32.0 Å². The van der Waals surface area contributed by atoms with Crippen molar-refractivity contribution in [3.8, 4) is 0 Å². The van der Waals surface area contributed by atoms with Crippen LogP contribution >= 0.6 is 38.9 Å². The highest BCUT2D eigenvalue weighted by Crippen LogP contribution is 2.30. The molecule has 0 spiro atoms. The number of aryl methyl sites for hydroxylation is 2. The Morgan fingerprint density at radius 1 is 1.17 bits per heavy atom. The van der Waals surface area contributed by atoms with Gasteiger partial charge in [-0.2, -0.15) is 0 Å². The normalized spacial score (nSPS) is 10.7. The number of rotatable bonds is 5. The molecule has 0 bridgehead atoms. The van der Waals surface area contributed by atoms with E-state index in [4.69, 9.17) is 16.3 Å². The van der Waals surface area contributed by atoms with Crippen LogP contribution in [0.25, 0.3) is 0 Å². The van der Waals surface area contributed by atoms with E-state index in [-0.39, 0.29) is 18.1 Å². The molecule has 2 aromatic carbocycles. The number of anilines is 2. The zero-order valence-corrected chi connectivity index (χ0v) is 19.2. The predicted molar refractivity (Wildman–Crippen MR) is 119 cm³/mol. The van der Waals surface area contributed by atoms with E-state index in [1.165, 1.54) is 18.3 Å². The second kappa shape index (κ2) is 9.07. The van der Waals surface area contributed by atoms with Crippen molar-refractivity contribution in [1.29, 1.82) is 0 Å². The summed E-state index contributed by atoms with van der Waals surface area (Å²) in [6, 6.07) is 10.8. The van der Waals surface area contributed by atoms with E-state index >= 15 is 0 Å². The van der Waals surface area contributed by atoms with E-state index in [1.54, 1.807) is 28.5 Å². The van der Waals surface area contributed by atoms with Crippen LogP contribution in [-0.2, 0) is 16.1 Å². The molecular formula is C21H18BrClN2O3S. The number of esters is 1. The number of benzene rings is 2. The molecule has 0 saturated heterocycles. The van der Waals surface area contributed by atoms with Crippen LogP contribution in [0.3, 0.4) is 0 Å². The van der Waals surface area contributed by atoms with E-state index in [2.05, 4.69) is 20.9 Å². The standard InChI is InChI=1S/C21H18BrClN2O3S/c1-12-4-6-17(8-13(12)2)25(14(3)26)21-24-16(11-29-21)10-28-20(27)18-9-15(22)5-7-19(18)23/h4-9,11H,10H2,1-3H3. The van der Waals surface area contributed by atoms with Crippen LogP contribution in [0.4, 0.5) is 10.8 Å². The Morgan fingerprint density at radius 3 is 2.62 bits per heavy atom. The number of aromatic nitrogens is 1. The summed E-state index contributed by atoms with van der Waals surface area (Å²) >= 11 is 10.7. The van der Waals surface area contributed by atoms with Gasteiger partial charge >= 0.3 is 5.97 Å². The number of ether oxygens (including phenoxy) is 1. The third kappa shape index (κ3) is 5.04. The smallest absolute Gasteiger partial charge is 0.340 e. The summed E-state index contributed by atoms with van der Waals surface area (Å²) in [6.07, 6.45) is 0. The number of carbonyl (C=O) groups excluding carboxylic acids is 2. The molecule has 1 heterocycles. The van der Waals surface area contributed by atoms with Gasteiger partial charge in [0.2, 0.25) is 5.91 Å². The Morgan fingerprint density at radius 2 is 1.93 bits per heavy atom. The topological polar surface area (TPSA) is 59.5 Å². The zero-order chi connectivity index (χ0) is 21.1. The second-order valence-corrected chi connectivity index (χ2v) is 8.60. The lowest BCUT2D eigenvalue weighted by atomic mass is 10.1. The number of hydrogen-bond donors (Lipinski definition) is 0. The van der Waals surface area contributed by atoms with Crippen molar-refractivity contribution in [1.82, 2.24) is 4.98 Å². The van der Waals surface area contributed by atoms with Crippen LogP contribution in [0.5, 0.6) is 0 Å². The van der Waals surface area contributed by atoms with Crippen molar-refractivity contribution < 1.29 is 14.3 Å². The predicted octanol–water partition coefficient (Wildman–Crippen LogP) is 6.22. The van der Waals surface area contributed by atoms with Gasteiger partial charge in [-0.3, -0.25) is 9.69 Å². The highest BCUT2D eigenvalue weighted by atomic mass is 79.9. The van der Waals surface area contributed by atoms with Crippen LogP contribution in [0.1, 0.15) is 34.1 Å². The van der Waals surface area contributed by atoms with Crippen LogP contribution in [0.2, 0.25) is 5.02 Å². The van der Waals surface area contributed by atoms with Crippen molar-refractivity contribution in [3.05, 3.63) is 73.7 Å². The number of hydrogen-bond acceptors (Lipinski definition) is 5. The zero-order valence-electron chi connectivity index (χ0n) is 16.0. The first-order valence-electron chi connectivity index (χ1n) is 8.71. The molecule has 0 aliphatic carbocycles. The summed E-state index contributed by atoms with van der Waals surface area (Å²) in [5, 5.41) is 2.60. The highest BCUT2D eigenvalue weighted by molar-refractivity contribution is 9.10. The molecule has 29 heavy (non-hydrogen) atoms. The third-order valence-corrected chi connectivity index (χ3v) is 5.99. The first-order chi connectivity index (χ1) is 13.8. The van der Waals surface area contributed by atoms with Crippen molar-refractivity contribution in [2.24, 2.45) is 0 Å². The second-order valence-electron chi connectivity index (χ2n) is 6.44. The average Bonchev–Trinajstić information content (AvgIpc) is 3.13. The van der Waals surface area contributed by atoms with Gasteiger partial charge in [0.1, 0.15) is 6.61 Å². The van der Waals surface area contributed by atoms with E-state index < -0.39 is 5.97 Å². The summed E-state index contributed by atoms with van der Waals surface area (Å²) in [7, 11) is 0. The number of amides is 1. The summed E-state index contributed by atoms with van der Waals surface area (Å²) in [5.74, 6) is -0.685. The molecule has 1 amide bonds. The number of halogens is 2. The van der Waals surface area contributed by atoms with Gasteiger partial charge in [0.15, 0.2) is 5.13 Å². The van der Waals surface area contributed by atoms with E-state index in [0.29, 0.717) is 15.8 Å². The van der Waals surface area contributed by atoms with Crippen LogP contribution in [0, 0.1) is 13.8 Å². The molecule has 3 rings (SSSR count). The molecule has 3 aromatic rings. The average molecular weight is 494 g/mol. The van der Waals surface area contributed by atoms with Gasteiger partial charge in [-0.25, -0.2) is 9.78 Å². The monoisotopic (exact) mass is 492 g/mol. The Kier molecular flexibility index (Phi) is 6.72. The van der Waals surface area contributed by atoms with Crippen molar-refractivity contribution in [2.75, 3.05) is 4.90 Å². The molecule has 0 aliphatic heterocycles. The number of carbonyl (C=O) groups is 2. The largest absolute Gasteiger partial charge is 0.456 e. The van der Waals surface area contributed by atoms with Gasteiger partial charge in [-0.15, -0.1) is 11.3 Å². The van der Waals surface area contributed by atoms with Crippen molar-refractivity contribution >= 4 is 61.6 Å². The van der Waals surface area contributed by atoms with Gasteiger partial charge in [-0.05, 0) is 55.3 Å². The molecular weight excluding hydrogens is 476 g/mol. The molecule has 0 saturated carbocycles. The Hall–Kier alpha value is -2.22. The maximum atomic E-state index is 12.3. The first kappa shape index (κ1) is 21.5. The van der Waals surface area contributed by atoms with Gasteiger partial charge in [-0.1, -0.05) is 33.6 Å². The van der Waals surface area contributed by atoms with Crippen molar-refractivity contribution in [2.45, 2.75) is 27.4 Å². The number of thiazole rings is 1. The minimum Gasteiger partial charge on any atom is -0.456 e. The molecule has 0 aliphatic rings. The van der Waals surface area contributed by atoms with Crippen LogP contribution < -0.4 is 4.90 Å². The quantitative estimate of drug-likeness (QED) is 0.396. The summed E-state index contributed by atoms with van der Waals surface area (Å²) in [4.78, 5) is 30.6. The lowest BCUT2D eigenvalue weighted by Crippen LogP contribution is -2.22. The lowest BCUT2D eigenvalue weighted by Gasteiger charge is -2.19. The van der Waals surface area contributed by atoms with Crippen LogP contribution in [-0.4, -0.2) is 16.9 Å². The Balaban J connectivity index is 1.76. The van der Waals surface area contributed by atoms with Gasteiger partial charge in [0, 0.05) is 16.8 Å². The van der Waals surface area contributed by atoms with Gasteiger partial charge in [0.25, 0.3) is 0 Å². The fourth-order valence-corrected chi connectivity index (χ4v) is 4.06. The van der Waals surface area contributed by atoms with Gasteiger partial charge < -0.3 is 4.74 Å². The fourth-order valence-electron chi connectivity index (χ4n) is 2.63. The van der Waals surface area contributed by atoms with E-state index in [0.717, 1.165) is 21.3 Å². The molecule has 8 heteroatoms. The molecule has 0 fully saturated rings. The summed E-state index contributed by atoms with van der Waals surface area (Å²) in [5.41, 5.74) is 3.82. The first-order valence-corrected chi connectivity index (χ1v) is 10.8. The third-order valence-electron chi connectivity index (χ3n) is 4.29. The molecule has 0 N–H and O–H groups in total. The molecule has 0 atom stereocenters. The maximum absolute atomic E-state index is 12.3. The Bertz CT molecular complexity index is 1080. The van der Waals surface area contributed by atoms with Crippen molar-refractivity contribution in [3.63, 3.8) is 0 Å². The number of nitrogens with zero attached hydrogens (tertiary/aromatic N) is 2.